The van der Waals surface area contributed by atoms with Crippen LogP contribution in [0.15, 0.2) is 24.4 Å². The summed E-state index contributed by atoms with van der Waals surface area (Å²) in [6, 6.07) is 5.82. The molecule has 9 nitrogen and oxygen atoms in total. The summed E-state index contributed by atoms with van der Waals surface area (Å²) in [6.45, 7) is 4.79. The van der Waals surface area contributed by atoms with Gasteiger partial charge in [-0.15, -0.1) is 0 Å². The molecule has 0 spiro atoms. The highest BCUT2D eigenvalue weighted by atomic mass is 16.5. The summed E-state index contributed by atoms with van der Waals surface area (Å²) in [5, 5.41) is 0. The molecule has 30 heavy (non-hydrogen) atoms. The topological polar surface area (TPSA) is 80.1 Å². The van der Waals surface area contributed by atoms with Crippen molar-refractivity contribution in [1.29, 1.82) is 0 Å². The van der Waals surface area contributed by atoms with Gasteiger partial charge in [-0.2, -0.15) is 0 Å². The van der Waals surface area contributed by atoms with Crippen molar-refractivity contribution >= 4 is 11.8 Å². The number of hydrogen-bond donors (Lipinski definition) is 0. The Hall–Kier alpha value is -3.07. The average molecular weight is 413 g/mol. The zero-order chi connectivity index (χ0) is 21.3. The van der Waals surface area contributed by atoms with Gasteiger partial charge in [0.1, 0.15) is 17.2 Å². The monoisotopic (exact) mass is 413 g/mol. The van der Waals surface area contributed by atoms with Crippen molar-refractivity contribution in [3.05, 3.63) is 41.5 Å². The number of methoxy groups -OCH3 is 2. The van der Waals surface area contributed by atoms with E-state index < -0.39 is 0 Å². The molecule has 9 heteroatoms. The minimum atomic E-state index is -0.140. The first kappa shape index (κ1) is 20.2. The molecule has 1 fully saturated rings. The number of benzene rings is 1. The number of hydrogen-bond acceptors (Lipinski definition) is 6. The first-order chi connectivity index (χ1) is 14.5. The van der Waals surface area contributed by atoms with Crippen LogP contribution in [0.1, 0.15) is 26.7 Å². The molecule has 2 aliphatic rings. The summed E-state index contributed by atoms with van der Waals surface area (Å²) in [5.74, 6) is 1.65. The molecular formula is C21H27N5O4. The fraction of sp³-hybridized carbons (Fsp3) is 0.476. The number of piperazine rings is 1. The first-order valence-electron chi connectivity index (χ1n) is 10.1. The lowest BCUT2D eigenvalue weighted by atomic mass is 10.1. The highest BCUT2D eigenvalue weighted by Crippen LogP contribution is 2.26. The lowest BCUT2D eigenvalue weighted by molar-refractivity contribution is 0.0622. The second kappa shape index (κ2) is 8.35. The van der Waals surface area contributed by atoms with Gasteiger partial charge in [-0.05, 0) is 6.07 Å². The molecule has 0 bridgehead atoms. The van der Waals surface area contributed by atoms with Crippen LogP contribution in [0.25, 0.3) is 0 Å². The van der Waals surface area contributed by atoms with E-state index in [4.69, 9.17) is 9.47 Å². The zero-order valence-electron chi connectivity index (χ0n) is 17.6. The number of imidazole rings is 1. The summed E-state index contributed by atoms with van der Waals surface area (Å²) in [6.07, 6.45) is 1.71. The highest BCUT2D eigenvalue weighted by molar-refractivity contribution is 5.96. The van der Waals surface area contributed by atoms with Gasteiger partial charge in [0.25, 0.3) is 11.8 Å². The van der Waals surface area contributed by atoms with Crippen molar-refractivity contribution in [2.75, 3.05) is 54.0 Å². The molecule has 4 rings (SSSR count). The maximum atomic E-state index is 12.9. The van der Waals surface area contributed by atoms with Crippen molar-refractivity contribution in [3.8, 4) is 11.5 Å². The van der Waals surface area contributed by atoms with Crippen molar-refractivity contribution in [2.24, 2.45) is 0 Å². The van der Waals surface area contributed by atoms with Gasteiger partial charge in [-0.3, -0.25) is 14.5 Å². The Balaban J connectivity index is 1.38. The van der Waals surface area contributed by atoms with Crippen molar-refractivity contribution in [1.82, 2.24) is 24.3 Å². The molecule has 2 amide bonds. The van der Waals surface area contributed by atoms with E-state index in [0.717, 1.165) is 36.7 Å². The van der Waals surface area contributed by atoms with E-state index in [-0.39, 0.29) is 11.8 Å². The fourth-order valence-electron chi connectivity index (χ4n) is 3.88. The third-order valence-electron chi connectivity index (χ3n) is 5.76. The molecule has 160 valence electrons. The molecule has 0 saturated carbocycles. The fourth-order valence-corrected chi connectivity index (χ4v) is 3.88. The zero-order valence-corrected chi connectivity index (χ0v) is 17.6. The van der Waals surface area contributed by atoms with Gasteiger partial charge in [0, 0.05) is 70.7 Å². The molecule has 0 N–H and O–H groups in total. The number of carbonyl (C=O) groups is 2. The summed E-state index contributed by atoms with van der Waals surface area (Å²) in [4.78, 5) is 35.2. The van der Waals surface area contributed by atoms with Crippen LogP contribution in [0.4, 0.5) is 0 Å². The van der Waals surface area contributed by atoms with Crippen molar-refractivity contribution in [2.45, 2.75) is 13.1 Å². The normalized spacial score (nSPS) is 17.1. The second-order valence-electron chi connectivity index (χ2n) is 7.62. The number of aromatic nitrogens is 2. The van der Waals surface area contributed by atoms with E-state index in [0.29, 0.717) is 37.7 Å². The number of carbonyl (C=O) groups excluding carboxylic acids is 2. The SMILES string of the molecule is COc1ccc(CN2CCN(C(=O)c3cn4c(n3)C(=O)N(C)CC4)CC2)c(OC)c1. The van der Waals surface area contributed by atoms with Gasteiger partial charge in [0.15, 0.2) is 5.82 Å². The minimum Gasteiger partial charge on any atom is -0.497 e. The number of amides is 2. The molecule has 3 heterocycles. The van der Waals surface area contributed by atoms with E-state index in [1.165, 1.54) is 0 Å². The predicted molar refractivity (Wildman–Crippen MR) is 110 cm³/mol. The number of ether oxygens (including phenoxy) is 2. The second-order valence-corrected chi connectivity index (χ2v) is 7.62. The lowest BCUT2D eigenvalue weighted by Crippen LogP contribution is -2.48. The van der Waals surface area contributed by atoms with Crippen LogP contribution in [0.3, 0.4) is 0 Å². The quantitative estimate of drug-likeness (QED) is 0.726. The molecule has 1 aromatic heterocycles. The Labute approximate surface area is 175 Å². The van der Waals surface area contributed by atoms with Gasteiger partial charge in [-0.25, -0.2) is 4.98 Å². The van der Waals surface area contributed by atoms with Gasteiger partial charge in [-0.1, -0.05) is 6.07 Å². The van der Waals surface area contributed by atoms with Gasteiger partial charge in [0.05, 0.1) is 14.2 Å². The van der Waals surface area contributed by atoms with Crippen LogP contribution in [0.5, 0.6) is 11.5 Å². The third kappa shape index (κ3) is 3.85. The van der Waals surface area contributed by atoms with Crippen LogP contribution in [0.2, 0.25) is 0 Å². The Morgan fingerprint density at radius 3 is 2.53 bits per heavy atom. The van der Waals surface area contributed by atoms with Crippen molar-refractivity contribution in [3.63, 3.8) is 0 Å². The average Bonchev–Trinajstić information content (AvgIpc) is 3.22. The molecule has 1 saturated heterocycles. The van der Waals surface area contributed by atoms with Crippen LogP contribution in [-0.4, -0.2) is 90.1 Å². The van der Waals surface area contributed by atoms with Gasteiger partial charge < -0.3 is 23.8 Å². The van der Waals surface area contributed by atoms with E-state index in [2.05, 4.69) is 9.88 Å². The Morgan fingerprint density at radius 2 is 1.83 bits per heavy atom. The smallest absolute Gasteiger partial charge is 0.289 e. The molecule has 0 atom stereocenters. The Kier molecular flexibility index (Phi) is 5.63. The molecule has 1 aromatic carbocycles. The van der Waals surface area contributed by atoms with Gasteiger partial charge in [0.2, 0.25) is 0 Å². The molecule has 0 aliphatic carbocycles. The minimum absolute atomic E-state index is 0.117. The summed E-state index contributed by atoms with van der Waals surface area (Å²) in [7, 11) is 5.04. The van der Waals surface area contributed by atoms with Crippen LogP contribution < -0.4 is 9.47 Å². The van der Waals surface area contributed by atoms with Crippen LogP contribution in [-0.2, 0) is 13.1 Å². The molecule has 0 radical (unpaired) electrons. The number of nitrogens with zero attached hydrogens (tertiary/aromatic N) is 5. The number of rotatable bonds is 5. The van der Waals surface area contributed by atoms with Crippen LogP contribution >= 0.6 is 0 Å². The summed E-state index contributed by atoms with van der Waals surface area (Å²) in [5.41, 5.74) is 1.43. The van der Waals surface area contributed by atoms with Crippen molar-refractivity contribution < 1.29 is 19.1 Å². The highest BCUT2D eigenvalue weighted by Gasteiger charge is 2.29. The van der Waals surface area contributed by atoms with E-state index >= 15 is 0 Å². The third-order valence-corrected chi connectivity index (χ3v) is 5.76. The predicted octanol–water partition coefficient (Wildman–Crippen LogP) is 0.944. The number of likely N-dealkylation sites (N-methyl/N-ethyl adjacent to an activating group) is 1. The lowest BCUT2D eigenvalue weighted by Gasteiger charge is -2.34. The van der Waals surface area contributed by atoms with E-state index in [1.54, 1.807) is 36.9 Å². The maximum Gasteiger partial charge on any atom is 0.289 e. The molecular weight excluding hydrogens is 386 g/mol. The van der Waals surface area contributed by atoms with Gasteiger partial charge >= 0.3 is 0 Å². The van der Waals surface area contributed by atoms with E-state index in [9.17, 15) is 9.59 Å². The summed E-state index contributed by atoms with van der Waals surface area (Å²) < 4.78 is 12.5. The number of fused-ring (bicyclic) bond motifs is 1. The largest absolute Gasteiger partial charge is 0.497 e. The Bertz CT molecular complexity index is 949. The molecule has 2 aliphatic heterocycles. The summed E-state index contributed by atoms with van der Waals surface area (Å²) >= 11 is 0. The van der Waals surface area contributed by atoms with Crippen LogP contribution in [0, 0.1) is 0 Å². The molecule has 2 aromatic rings. The first-order valence-corrected chi connectivity index (χ1v) is 10.1. The Morgan fingerprint density at radius 1 is 1.07 bits per heavy atom. The van der Waals surface area contributed by atoms with E-state index in [1.807, 2.05) is 23.1 Å². The molecule has 0 unspecified atom stereocenters. The maximum absolute atomic E-state index is 12.9. The standard InChI is InChI=1S/C21H27N5O4/c1-23-6-9-26-14-17(22-19(26)21(23)28)20(27)25-10-7-24(8-11-25)13-15-4-5-16(29-2)12-18(15)30-3/h4-5,12,14H,6-11,13H2,1-3H3.